The van der Waals surface area contributed by atoms with Gasteiger partial charge in [-0.3, -0.25) is 14.2 Å². The first-order valence-corrected chi connectivity index (χ1v) is 10.4. The van der Waals surface area contributed by atoms with E-state index >= 15 is 0 Å². The number of amides is 1. The van der Waals surface area contributed by atoms with Crippen LogP contribution in [-0.2, 0) is 22.5 Å². The minimum Gasteiger partial charge on any atom is -0.383 e. The molecule has 7 nitrogen and oxygen atoms in total. The Morgan fingerprint density at radius 2 is 2.40 bits per heavy atom. The lowest BCUT2D eigenvalue weighted by molar-refractivity contribution is -0.113. The summed E-state index contributed by atoms with van der Waals surface area (Å²) in [6.07, 6.45) is 2.41. The lowest BCUT2D eigenvalue weighted by atomic mass is 10.2. The maximum Gasteiger partial charge on any atom is 0.268 e. The molecule has 0 aromatic carbocycles. The highest BCUT2D eigenvalue weighted by molar-refractivity contribution is 8.00. The van der Waals surface area contributed by atoms with Crippen LogP contribution < -0.4 is 10.9 Å². The molecular formula is C15H18N4O3S3. The molecule has 0 bridgehead atoms. The van der Waals surface area contributed by atoms with Gasteiger partial charge in [0.1, 0.15) is 0 Å². The van der Waals surface area contributed by atoms with E-state index in [4.69, 9.17) is 4.74 Å². The number of thioether (sulfide) groups is 2. The summed E-state index contributed by atoms with van der Waals surface area (Å²) in [5.41, 5.74) is 0.790. The minimum atomic E-state index is -0.171. The number of ether oxygens (including phenoxy) is 1. The average Bonchev–Trinajstić information content (AvgIpc) is 3.21. The number of carbonyl (C=O) groups is 1. The lowest BCUT2D eigenvalue weighted by Gasteiger charge is -2.13. The molecule has 0 saturated carbocycles. The van der Waals surface area contributed by atoms with Crippen molar-refractivity contribution >= 4 is 45.9 Å². The molecule has 0 fully saturated rings. The van der Waals surface area contributed by atoms with E-state index in [1.54, 1.807) is 35.0 Å². The molecule has 1 aliphatic rings. The third-order valence-corrected chi connectivity index (χ3v) is 6.37. The number of nitrogens with one attached hydrogen (secondary N) is 1. The van der Waals surface area contributed by atoms with Crippen LogP contribution in [0.4, 0.5) is 5.13 Å². The van der Waals surface area contributed by atoms with Crippen LogP contribution in [0.25, 0.3) is 0 Å². The summed E-state index contributed by atoms with van der Waals surface area (Å²) in [4.78, 5) is 34.2. The maximum absolute atomic E-state index is 12.8. The van der Waals surface area contributed by atoms with E-state index in [2.05, 4.69) is 22.2 Å². The van der Waals surface area contributed by atoms with Gasteiger partial charge in [0.25, 0.3) is 5.56 Å². The van der Waals surface area contributed by atoms with Crippen molar-refractivity contribution in [2.24, 2.45) is 0 Å². The number of carbonyl (C=O) groups excluding carboxylic acids is 1. The Morgan fingerprint density at radius 1 is 1.56 bits per heavy atom. The van der Waals surface area contributed by atoms with Crippen LogP contribution in [0, 0.1) is 0 Å². The van der Waals surface area contributed by atoms with E-state index < -0.39 is 0 Å². The number of fused-ring (bicyclic) bond motifs is 1. The standard InChI is InChI=1S/C15H18N4O3S3/c1-9-7-10-12(25-9)13(21)19(4-5-22-2)15(17-10)24-8-11(20)18-14-16-3-6-23-14/h3,6,9H,4-5,7-8H2,1-2H3,(H,16,18,20). The van der Waals surface area contributed by atoms with Gasteiger partial charge in [0.05, 0.1) is 29.5 Å². The molecule has 1 N–H and O–H groups in total. The van der Waals surface area contributed by atoms with Gasteiger partial charge in [-0.1, -0.05) is 18.7 Å². The largest absolute Gasteiger partial charge is 0.383 e. The zero-order valence-corrected chi connectivity index (χ0v) is 16.3. The quantitative estimate of drug-likeness (QED) is 0.565. The van der Waals surface area contributed by atoms with Gasteiger partial charge in [-0.2, -0.15) is 0 Å². The molecule has 3 heterocycles. The summed E-state index contributed by atoms with van der Waals surface area (Å²) < 4.78 is 6.71. The Balaban J connectivity index is 1.77. The normalized spacial score (nSPS) is 16.0. The molecule has 134 valence electrons. The minimum absolute atomic E-state index is 0.0424. The highest BCUT2D eigenvalue weighted by Gasteiger charge is 2.26. The van der Waals surface area contributed by atoms with E-state index in [9.17, 15) is 9.59 Å². The molecule has 0 spiro atoms. The Labute approximate surface area is 157 Å². The van der Waals surface area contributed by atoms with Crippen LogP contribution >= 0.6 is 34.9 Å². The predicted molar refractivity (Wildman–Crippen MR) is 101 cm³/mol. The average molecular weight is 399 g/mol. The molecule has 1 atom stereocenters. The molecule has 2 aromatic heterocycles. The molecule has 0 radical (unpaired) electrons. The van der Waals surface area contributed by atoms with Crippen molar-refractivity contribution < 1.29 is 9.53 Å². The van der Waals surface area contributed by atoms with Crippen LogP contribution in [-0.4, -0.2) is 45.2 Å². The summed E-state index contributed by atoms with van der Waals surface area (Å²) in [5, 5.41) is 6.00. The van der Waals surface area contributed by atoms with E-state index in [1.165, 1.54) is 23.1 Å². The van der Waals surface area contributed by atoms with Crippen LogP contribution in [0.3, 0.4) is 0 Å². The Kier molecular flexibility index (Phi) is 6.15. The molecule has 2 aromatic rings. The van der Waals surface area contributed by atoms with Crippen LogP contribution in [0.5, 0.6) is 0 Å². The molecule has 25 heavy (non-hydrogen) atoms. The molecule has 3 rings (SSSR count). The number of methoxy groups -OCH3 is 1. The van der Waals surface area contributed by atoms with Crippen LogP contribution in [0.1, 0.15) is 12.6 Å². The second kappa shape index (κ2) is 8.35. The SMILES string of the molecule is COCCn1c(SCC(=O)Nc2nccs2)nc2c(c1=O)SC(C)C2. The summed E-state index contributed by atoms with van der Waals surface area (Å²) in [5.74, 6) is -0.00347. The summed E-state index contributed by atoms with van der Waals surface area (Å²) in [7, 11) is 1.59. The first-order chi connectivity index (χ1) is 12.1. The first-order valence-electron chi connectivity index (χ1n) is 7.70. The number of hydrogen-bond donors (Lipinski definition) is 1. The van der Waals surface area contributed by atoms with Crippen molar-refractivity contribution in [2.45, 2.75) is 35.2 Å². The second-order valence-electron chi connectivity index (χ2n) is 5.43. The van der Waals surface area contributed by atoms with E-state index in [1.807, 2.05) is 0 Å². The first kappa shape index (κ1) is 18.4. The van der Waals surface area contributed by atoms with Crippen LogP contribution in [0.15, 0.2) is 26.4 Å². The van der Waals surface area contributed by atoms with Gasteiger partial charge in [0, 0.05) is 30.4 Å². The number of aromatic nitrogens is 3. The molecule has 1 aliphatic heterocycles. The summed E-state index contributed by atoms with van der Waals surface area (Å²) in [6.45, 7) is 2.92. The summed E-state index contributed by atoms with van der Waals surface area (Å²) in [6, 6.07) is 0. The molecule has 1 unspecified atom stereocenters. The van der Waals surface area contributed by atoms with Gasteiger partial charge in [0.2, 0.25) is 5.91 Å². The number of rotatable bonds is 7. The highest BCUT2D eigenvalue weighted by atomic mass is 32.2. The zero-order valence-electron chi connectivity index (χ0n) is 13.9. The van der Waals surface area contributed by atoms with Crippen molar-refractivity contribution in [1.29, 1.82) is 0 Å². The highest BCUT2D eigenvalue weighted by Crippen LogP contribution is 2.34. The molecule has 10 heteroatoms. The topological polar surface area (TPSA) is 86.1 Å². The van der Waals surface area contributed by atoms with Gasteiger partial charge < -0.3 is 10.1 Å². The van der Waals surface area contributed by atoms with E-state index in [-0.39, 0.29) is 17.2 Å². The Hall–Kier alpha value is -1.36. The second-order valence-corrected chi connectivity index (χ2v) is 8.71. The van der Waals surface area contributed by atoms with Gasteiger partial charge in [-0.05, 0) is 0 Å². The van der Waals surface area contributed by atoms with E-state index in [0.29, 0.717) is 28.7 Å². The number of hydrogen-bond acceptors (Lipinski definition) is 8. The van der Waals surface area contributed by atoms with Crippen molar-refractivity contribution in [3.63, 3.8) is 0 Å². The molecular weight excluding hydrogens is 380 g/mol. The van der Waals surface area contributed by atoms with E-state index in [0.717, 1.165) is 17.0 Å². The zero-order chi connectivity index (χ0) is 17.8. The number of anilines is 1. The number of thiazole rings is 1. The van der Waals surface area contributed by atoms with Crippen molar-refractivity contribution in [1.82, 2.24) is 14.5 Å². The fourth-order valence-corrected chi connectivity index (χ4v) is 4.89. The van der Waals surface area contributed by atoms with Crippen molar-refractivity contribution in [2.75, 3.05) is 24.8 Å². The predicted octanol–water partition coefficient (Wildman–Crippen LogP) is 2.11. The van der Waals surface area contributed by atoms with Crippen molar-refractivity contribution in [3.8, 4) is 0 Å². The van der Waals surface area contributed by atoms with Gasteiger partial charge in [0.15, 0.2) is 10.3 Å². The fourth-order valence-electron chi connectivity index (χ4n) is 2.39. The molecule has 0 saturated heterocycles. The van der Waals surface area contributed by atoms with Gasteiger partial charge in [-0.25, -0.2) is 9.97 Å². The summed E-state index contributed by atoms with van der Waals surface area (Å²) >= 11 is 4.19. The van der Waals surface area contributed by atoms with Crippen LogP contribution in [0.2, 0.25) is 0 Å². The fraction of sp³-hybridized carbons (Fsp3) is 0.467. The lowest BCUT2D eigenvalue weighted by Crippen LogP contribution is -2.27. The molecule has 0 aliphatic carbocycles. The maximum atomic E-state index is 12.8. The third kappa shape index (κ3) is 4.43. The Morgan fingerprint density at radius 3 is 3.12 bits per heavy atom. The number of nitrogens with zero attached hydrogens (tertiary/aromatic N) is 3. The monoisotopic (exact) mass is 398 g/mol. The van der Waals surface area contributed by atoms with Gasteiger partial charge in [-0.15, -0.1) is 23.1 Å². The Bertz CT molecular complexity index is 807. The van der Waals surface area contributed by atoms with Crippen molar-refractivity contribution in [3.05, 3.63) is 27.6 Å². The van der Waals surface area contributed by atoms with Gasteiger partial charge >= 0.3 is 0 Å². The smallest absolute Gasteiger partial charge is 0.268 e. The third-order valence-electron chi connectivity index (χ3n) is 3.49. The molecule has 1 amide bonds.